The van der Waals surface area contributed by atoms with E-state index in [-0.39, 0.29) is 6.54 Å². The van der Waals surface area contributed by atoms with Crippen LogP contribution >= 0.6 is 0 Å². The Bertz CT molecular complexity index is 292. The van der Waals surface area contributed by atoms with Gasteiger partial charge in [0, 0.05) is 18.7 Å². The lowest BCUT2D eigenvalue weighted by molar-refractivity contribution is -0.152. The van der Waals surface area contributed by atoms with Crippen LogP contribution in [-0.2, 0) is 9.59 Å². The van der Waals surface area contributed by atoms with Gasteiger partial charge in [-0.25, -0.2) is 9.80 Å². The van der Waals surface area contributed by atoms with E-state index in [1.807, 2.05) is 0 Å². The summed E-state index contributed by atoms with van der Waals surface area (Å²) in [7, 11) is 0. The van der Waals surface area contributed by atoms with Crippen LogP contribution in [0.25, 0.3) is 0 Å². The Kier molecular flexibility index (Phi) is 2.85. The van der Waals surface area contributed by atoms with Crippen LogP contribution in [0.4, 0.5) is 4.79 Å². The summed E-state index contributed by atoms with van der Waals surface area (Å²) in [6.07, 6.45) is 1.32. The van der Waals surface area contributed by atoms with Gasteiger partial charge in [0.25, 0.3) is 11.8 Å². The third-order valence-corrected chi connectivity index (χ3v) is 1.68. The Hall–Kier alpha value is -1.85. The minimum atomic E-state index is -1.31. The molecule has 0 radical (unpaired) electrons. The van der Waals surface area contributed by atoms with Crippen molar-refractivity contribution in [2.45, 2.75) is 13.3 Å². The van der Waals surface area contributed by atoms with Gasteiger partial charge in [-0.3, -0.25) is 9.59 Å². The lowest BCUT2D eigenvalue weighted by Gasteiger charge is -2.26. The maximum absolute atomic E-state index is 11.1. The summed E-state index contributed by atoms with van der Waals surface area (Å²) in [5.41, 5.74) is 0. The molecule has 0 saturated heterocycles. The maximum atomic E-state index is 11.1. The normalized spacial score (nSPS) is 15.1. The summed E-state index contributed by atoms with van der Waals surface area (Å²) in [5.74, 6) is -1.24. The van der Waals surface area contributed by atoms with Gasteiger partial charge >= 0.3 is 6.09 Å². The van der Waals surface area contributed by atoms with Crippen molar-refractivity contribution >= 4 is 17.9 Å². The van der Waals surface area contributed by atoms with E-state index in [1.54, 1.807) is 6.92 Å². The largest absolute Gasteiger partial charge is 0.464 e. The van der Waals surface area contributed by atoms with Gasteiger partial charge in [-0.2, -0.15) is 5.01 Å². The van der Waals surface area contributed by atoms with Gasteiger partial charge in [0.1, 0.15) is 0 Å². The first-order valence-electron chi connectivity index (χ1n) is 4.14. The number of carbonyl (C=O) groups is 3. The van der Waals surface area contributed by atoms with Gasteiger partial charge in [-0.05, 0) is 6.42 Å². The molecule has 1 aliphatic rings. The molecule has 0 bridgehead atoms. The highest BCUT2D eigenvalue weighted by atomic mass is 16.4. The quantitative estimate of drug-likeness (QED) is 0.658. The van der Waals surface area contributed by atoms with Crippen molar-refractivity contribution in [1.82, 2.24) is 10.0 Å². The number of hydrazine groups is 1. The first kappa shape index (κ1) is 10.2. The lowest BCUT2D eigenvalue weighted by atomic mass is 10.5. The molecular weight excluding hydrogens is 188 g/mol. The predicted octanol–water partition coefficient (Wildman–Crippen LogP) is 0.216. The second kappa shape index (κ2) is 3.91. The van der Waals surface area contributed by atoms with Crippen LogP contribution in [0.5, 0.6) is 0 Å². The molecule has 0 aromatic carbocycles. The molecular formula is C8H10N2O4. The van der Waals surface area contributed by atoms with Crippen LogP contribution in [0, 0.1) is 0 Å². The zero-order valence-electron chi connectivity index (χ0n) is 7.64. The Morgan fingerprint density at radius 1 is 1.43 bits per heavy atom. The molecule has 0 saturated carbocycles. The number of rotatable bonds is 3. The number of hydrogen-bond acceptors (Lipinski definition) is 3. The molecule has 1 aliphatic heterocycles. The molecule has 0 aromatic heterocycles. The van der Waals surface area contributed by atoms with Gasteiger partial charge in [0.05, 0.1) is 0 Å². The topological polar surface area (TPSA) is 77.9 Å². The van der Waals surface area contributed by atoms with Crippen molar-refractivity contribution in [3.05, 3.63) is 12.2 Å². The molecule has 0 atom stereocenters. The highest BCUT2D eigenvalue weighted by molar-refractivity contribution is 6.13. The third-order valence-electron chi connectivity index (χ3n) is 1.68. The summed E-state index contributed by atoms with van der Waals surface area (Å²) in [4.78, 5) is 33.0. The van der Waals surface area contributed by atoms with Crippen molar-refractivity contribution in [3.63, 3.8) is 0 Å². The molecule has 14 heavy (non-hydrogen) atoms. The van der Waals surface area contributed by atoms with E-state index in [9.17, 15) is 14.4 Å². The maximum Gasteiger partial charge on any atom is 0.426 e. The van der Waals surface area contributed by atoms with Crippen molar-refractivity contribution < 1.29 is 19.5 Å². The van der Waals surface area contributed by atoms with E-state index in [4.69, 9.17) is 5.11 Å². The van der Waals surface area contributed by atoms with E-state index in [0.29, 0.717) is 16.4 Å². The zero-order chi connectivity index (χ0) is 10.7. The molecule has 1 heterocycles. The Balaban J connectivity index is 2.83. The summed E-state index contributed by atoms with van der Waals surface area (Å²) in [5, 5.41) is 10.1. The average molecular weight is 198 g/mol. The van der Waals surface area contributed by atoms with Crippen LogP contribution in [0.15, 0.2) is 12.2 Å². The van der Waals surface area contributed by atoms with E-state index in [2.05, 4.69) is 0 Å². The molecule has 0 aliphatic carbocycles. The first-order chi connectivity index (χ1) is 6.57. The standard InChI is InChI=1S/C8H10N2O4/c1-2-5-9(8(13)14)10-6(11)3-4-7(10)12/h3-4H,2,5H2,1H3,(H,13,14). The number of carbonyl (C=O) groups excluding carboxylic acids is 2. The van der Waals surface area contributed by atoms with Crippen molar-refractivity contribution in [3.8, 4) is 0 Å². The predicted molar refractivity (Wildman–Crippen MR) is 46.0 cm³/mol. The van der Waals surface area contributed by atoms with Gasteiger partial charge in [0.15, 0.2) is 0 Å². The van der Waals surface area contributed by atoms with Crippen molar-refractivity contribution in [2.75, 3.05) is 6.54 Å². The minimum Gasteiger partial charge on any atom is -0.464 e. The molecule has 0 spiro atoms. The second-order valence-corrected chi connectivity index (χ2v) is 2.73. The Labute approximate surface area is 80.4 Å². The monoisotopic (exact) mass is 198 g/mol. The first-order valence-corrected chi connectivity index (χ1v) is 4.14. The minimum absolute atomic E-state index is 0.120. The molecule has 6 heteroatoms. The second-order valence-electron chi connectivity index (χ2n) is 2.73. The molecule has 0 aromatic rings. The lowest BCUT2D eigenvalue weighted by Crippen LogP contribution is -2.49. The Morgan fingerprint density at radius 3 is 2.29 bits per heavy atom. The molecule has 1 N–H and O–H groups in total. The average Bonchev–Trinajstić information content (AvgIpc) is 2.43. The van der Waals surface area contributed by atoms with Crippen LogP contribution < -0.4 is 0 Å². The summed E-state index contributed by atoms with van der Waals surface area (Å²) >= 11 is 0. The molecule has 0 unspecified atom stereocenters. The Morgan fingerprint density at radius 2 is 1.93 bits per heavy atom. The number of nitrogens with zero attached hydrogens (tertiary/aromatic N) is 2. The fourth-order valence-corrected chi connectivity index (χ4v) is 1.12. The third kappa shape index (κ3) is 1.73. The van der Waals surface area contributed by atoms with E-state index < -0.39 is 17.9 Å². The zero-order valence-corrected chi connectivity index (χ0v) is 7.64. The molecule has 76 valence electrons. The van der Waals surface area contributed by atoms with E-state index in [0.717, 1.165) is 12.2 Å². The fourth-order valence-electron chi connectivity index (χ4n) is 1.12. The molecule has 3 amide bonds. The van der Waals surface area contributed by atoms with Gasteiger partial charge in [-0.1, -0.05) is 6.92 Å². The highest BCUT2D eigenvalue weighted by Crippen LogP contribution is 2.09. The number of amides is 3. The van der Waals surface area contributed by atoms with Crippen LogP contribution in [0.1, 0.15) is 13.3 Å². The smallest absolute Gasteiger partial charge is 0.426 e. The number of carboxylic acid groups (broad SMARTS) is 1. The molecule has 6 nitrogen and oxygen atoms in total. The van der Waals surface area contributed by atoms with E-state index in [1.165, 1.54) is 0 Å². The summed E-state index contributed by atoms with van der Waals surface area (Å²) in [6, 6.07) is 0. The molecule has 0 fully saturated rings. The van der Waals surface area contributed by atoms with Crippen LogP contribution in [0.2, 0.25) is 0 Å². The SMILES string of the molecule is CCCN(C(=O)O)N1C(=O)C=CC1=O. The summed E-state index contributed by atoms with van der Waals surface area (Å²) < 4.78 is 0. The van der Waals surface area contributed by atoms with Crippen LogP contribution in [0.3, 0.4) is 0 Å². The highest BCUT2D eigenvalue weighted by Gasteiger charge is 2.32. The summed E-state index contributed by atoms with van der Waals surface area (Å²) in [6.45, 7) is 1.88. The van der Waals surface area contributed by atoms with Gasteiger partial charge in [0.2, 0.25) is 0 Å². The number of hydrogen-bond donors (Lipinski definition) is 1. The van der Waals surface area contributed by atoms with Gasteiger partial charge < -0.3 is 5.11 Å². The van der Waals surface area contributed by atoms with Crippen molar-refractivity contribution in [1.29, 1.82) is 0 Å². The van der Waals surface area contributed by atoms with E-state index >= 15 is 0 Å². The fraction of sp³-hybridized carbons (Fsp3) is 0.375. The van der Waals surface area contributed by atoms with Crippen LogP contribution in [-0.4, -0.2) is 39.6 Å². The number of imide groups is 1. The van der Waals surface area contributed by atoms with Gasteiger partial charge in [-0.15, -0.1) is 0 Å². The van der Waals surface area contributed by atoms with Crippen molar-refractivity contribution in [2.24, 2.45) is 0 Å². The molecule has 1 rings (SSSR count).